The molecule has 0 N–H and O–H groups in total. The van der Waals surface area contributed by atoms with Gasteiger partial charge in [-0.25, -0.2) is 0 Å². The first-order chi connectivity index (χ1) is 16.4. The molecular weight excluding hydrogens is 456 g/mol. The monoisotopic (exact) mass is 482 g/mol. The van der Waals surface area contributed by atoms with Crippen molar-refractivity contribution in [1.82, 2.24) is 9.55 Å². The third-order valence-electron chi connectivity index (χ3n) is 6.55. The van der Waals surface area contributed by atoms with Crippen LogP contribution in [0.4, 0.5) is 11.5 Å². The predicted octanol–water partition coefficient (Wildman–Crippen LogP) is 5.13. The second-order valence-electron chi connectivity index (χ2n) is 9.36. The summed E-state index contributed by atoms with van der Waals surface area (Å²) in [5.74, 6) is 1.26. The zero-order valence-corrected chi connectivity index (χ0v) is 19.8. The number of ether oxygens (including phenoxy) is 2. The number of nitrogens with zero attached hydrogens (tertiary/aromatic N) is 4. The van der Waals surface area contributed by atoms with Crippen LogP contribution in [0.2, 0.25) is 5.02 Å². The number of anilines is 1. The van der Waals surface area contributed by atoms with Gasteiger partial charge in [0, 0.05) is 28.8 Å². The lowest BCUT2D eigenvalue weighted by atomic mass is 9.90. The van der Waals surface area contributed by atoms with Crippen LogP contribution in [0, 0.1) is 16.0 Å². The summed E-state index contributed by atoms with van der Waals surface area (Å²) in [6.07, 6.45) is 4.84. The number of halogens is 1. The summed E-state index contributed by atoms with van der Waals surface area (Å²) in [5, 5.41) is 11.6. The summed E-state index contributed by atoms with van der Waals surface area (Å²) in [7, 11) is 0. The van der Waals surface area contributed by atoms with Crippen molar-refractivity contribution in [2.24, 2.45) is 5.92 Å². The highest BCUT2D eigenvalue weighted by molar-refractivity contribution is 6.30. The number of fused-ring (bicyclic) bond motifs is 1. The molecule has 34 heavy (non-hydrogen) atoms. The highest BCUT2D eigenvalue weighted by Crippen LogP contribution is 2.32. The Balaban J connectivity index is 1.10. The van der Waals surface area contributed by atoms with Crippen LogP contribution in [0.25, 0.3) is 0 Å². The van der Waals surface area contributed by atoms with Crippen LogP contribution in [-0.2, 0) is 13.0 Å². The Morgan fingerprint density at radius 2 is 1.88 bits per heavy atom. The molecule has 0 saturated carbocycles. The molecule has 8 nitrogen and oxygen atoms in total. The fourth-order valence-corrected chi connectivity index (χ4v) is 4.82. The third-order valence-corrected chi connectivity index (χ3v) is 6.81. The van der Waals surface area contributed by atoms with Gasteiger partial charge in [0.1, 0.15) is 18.6 Å². The van der Waals surface area contributed by atoms with Gasteiger partial charge in [0.25, 0.3) is 0 Å². The van der Waals surface area contributed by atoms with Gasteiger partial charge < -0.3 is 24.5 Å². The van der Waals surface area contributed by atoms with Crippen LogP contribution < -0.4 is 14.4 Å². The van der Waals surface area contributed by atoms with E-state index in [1.165, 1.54) is 30.3 Å². The van der Waals surface area contributed by atoms with E-state index in [1.807, 2.05) is 31.2 Å². The molecule has 1 saturated heterocycles. The van der Waals surface area contributed by atoms with Gasteiger partial charge in [0.05, 0.1) is 6.54 Å². The Labute approximate surface area is 203 Å². The van der Waals surface area contributed by atoms with Crippen molar-refractivity contribution in [2.75, 3.05) is 24.6 Å². The molecule has 1 atom stereocenters. The third kappa shape index (κ3) is 4.97. The van der Waals surface area contributed by atoms with E-state index < -0.39 is 10.5 Å². The maximum Gasteiger partial charge on any atom is 0.415 e. The molecule has 2 aliphatic rings. The van der Waals surface area contributed by atoms with Gasteiger partial charge in [-0.3, -0.25) is 4.57 Å². The molecule has 2 aliphatic heterocycles. The molecule has 1 aromatic heterocycles. The van der Waals surface area contributed by atoms with Crippen molar-refractivity contribution in [1.29, 1.82) is 0 Å². The quantitative estimate of drug-likeness (QED) is 0.343. The molecule has 1 fully saturated rings. The lowest BCUT2D eigenvalue weighted by molar-refractivity contribution is -0.389. The molecule has 3 heterocycles. The Hall–Kier alpha value is -3.26. The van der Waals surface area contributed by atoms with Crippen molar-refractivity contribution in [3.8, 4) is 11.8 Å². The number of rotatable bonds is 7. The van der Waals surface area contributed by atoms with Gasteiger partial charge in [-0.2, -0.15) is 0 Å². The van der Waals surface area contributed by atoms with Crippen LogP contribution >= 0.6 is 11.6 Å². The molecule has 0 aliphatic carbocycles. The number of imidazole rings is 1. The van der Waals surface area contributed by atoms with Crippen LogP contribution in [0.5, 0.6) is 11.8 Å². The van der Waals surface area contributed by atoms with Crippen LogP contribution in [-0.4, -0.2) is 39.8 Å². The highest BCUT2D eigenvalue weighted by atomic mass is 35.5. The van der Waals surface area contributed by atoms with E-state index in [2.05, 4.69) is 34.1 Å². The minimum atomic E-state index is -0.623. The van der Waals surface area contributed by atoms with E-state index >= 15 is 0 Å². The van der Waals surface area contributed by atoms with Crippen molar-refractivity contribution >= 4 is 23.1 Å². The molecule has 0 amide bonds. The molecule has 0 radical (unpaired) electrons. The molecule has 5 rings (SSSR count). The van der Waals surface area contributed by atoms with E-state index in [0.717, 1.165) is 30.3 Å². The maximum atomic E-state index is 10.9. The Morgan fingerprint density at radius 1 is 1.18 bits per heavy atom. The van der Waals surface area contributed by atoms with Crippen molar-refractivity contribution in [3.63, 3.8) is 0 Å². The van der Waals surface area contributed by atoms with Crippen molar-refractivity contribution in [2.45, 2.75) is 38.3 Å². The van der Waals surface area contributed by atoms with Gasteiger partial charge in [0.2, 0.25) is 0 Å². The minimum absolute atomic E-state index is 0.206. The summed E-state index contributed by atoms with van der Waals surface area (Å²) in [6, 6.07) is 16.6. The summed E-state index contributed by atoms with van der Waals surface area (Å²) in [6.45, 7) is 4.77. The fourth-order valence-electron chi connectivity index (χ4n) is 4.69. The summed E-state index contributed by atoms with van der Waals surface area (Å²) < 4.78 is 13.5. The maximum absolute atomic E-state index is 10.9. The average Bonchev–Trinajstić information content (AvgIpc) is 3.36. The van der Waals surface area contributed by atoms with Gasteiger partial charge in [0.15, 0.2) is 5.60 Å². The van der Waals surface area contributed by atoms with E-state index in [-0.39, 0.29) is 11.8 Å². The second kappa shape index (κ2) is 9.18. The number of hydrogen-bond acceptors (Lipinski definition) is 6. The molecule has 2 aromatic carbocycles. The smallest absolute Gasteiger partial charge is 0.415 e. The van der Waals surface area contributed by atoms with E-state index in [4.69, 9.17) is 21.1 Å². The van der Waals surface area contributed by atoms with Gasteiger partial charge in [-0.05, 0) is 79.0 Å². The van der Waals surface area contributed by atoms with E-state index in [9.17, 15) is 10.1 Å². The summed E-state index contributed by atoms with van der Waals surface area (Å²) in [4.78, 5) is 16.7. The molecular formula is C25H27ClN4O4. The number of hydrogen-bond donors (Lipinski definition) is 0. The first-order valence-corrected chi connectivity index (χ1v) is 11.9. The largest absolute Gasteiger partial charge is 0.489 e. The molecule has 9 heteroatoms. The Kier molecular flexibility index (Phi) is 6.08. The van der Waals surface area contributed by atoms with E-state index in [1.54, 1.807) is 4.57 Å². The Morgan fingerprint density at radius 3 is 2.53 bits per heavy atom. The lowest BCUT2D eigenvalue weighted by Gasteiger charge is -2.34. The summed E-state index contributed by atoms with van der Waals surface area (Å²) in [5.41, 5.74) is 1.93. The number of piperidine rings is 1. The first-order valence-electron chi connectivity index (χ1n) is 11.5. The van der Waals surface area contributed by atoms with Crippen LogP contribution in [0.1, 0.15) is 25.3 Å². The topological polar surface area (TPSA) is 82.7 Å². The zero-order chi connectivity index (χ0) is 23.7. The Bertz CT molecular complexity index is 1130. The number of nitro groups is 1. The normalized spacial score (nSPS) is 20.1. The summed E-state index contributed by atoms with van der Waals surface area (Å²) >= 11 is 6.00. The molecule has 178 valence electrons. The van der Waals surface area contributed by atoms with Gasteiger partial charge in [-0.15, -0.1) is 0 Å². The first kappa shape index (κ1) is 22.5. The minimum Gasteiger partial charge on any atom is -0.489 e. The van der Waals surface area contributed by atoms with E-state index in [0.29, 0.717) is 19.1 Å². The van der Waals surface area contributed by atoms with Crippen molar-refractivity contribution < 1.29 is 14.4 Å². The van der Waals surface area contributed by atoms with Crippen LogP contribution in [0.3, 0.4) is 0 Å². The predicted molar refractivity (Wildman–Crippen MR) is 130 cm³/mol. The number of aromatic nitrogens is 2. The molecule has 0 spiro atoms. The highest BCUT2D eigenvalue weighted by Gasteiger charge is 2.41. The van der Waals surface area contributed by atoms with Gasteiger partial charge >= 0.3 is 11.8 Å². The second-order valence-corrected chi connectivity index (χ2v) is 9.80. The molecule has 0 bridgehead atoms. The fraction of sp³-hybridized carbons (Fsp3) is 0.400. The van der Waals surface area contributed by atoms with Crippen molar-refractivity contribution in [3.05, 3.63) is 75.4 Å². The zero-order valence-electron chi connectivity index (χ0n) is 19.0. The molecule has 3 aromatic rings. The average molecular weight is 483 g/mol. The number of benzene rings is 2. The van der Waals surface area contributed by atoms with Crippen LogP contribution in [0.15, 0.2) is 54.7 Å². The SMILES string of the molecule is CC1(COc2ccc(N3CCC(Cc4ccc(Cl)cc4)CC3)cc2)Cn2cc([N+](=O)[O-])nc2O1. The lowest BCUT2D eigenvalue weighted by Crippen LogP contribution is -2.38. The standard InChI is InChI=1S/C25H27ClN4O4/c1-25(16-29-15-23(30(31)32)27-24(29)34-25)17-33-22-8-6-21(7-9-22)28-12-10-19(11-13-28)14-18-2-4-20(26)5-3-18/h2-9,15,19H,10-14,16-17H2,1H3. The molecule has 1 unspecified atom stereocenters. The van der Waals surface area contributed by atoms with Gasteiger partial charge in [-0.1, -0.05) is 23.7 Å².